The van der Waals surface area contributed by atoms with Gasteiger partial charge >= 0.3 is 29.3 Å². The maximum Gasteiger partial charge on any atom is 0.631 e. The molecule has 0 fully saturated rings. The third kappa shape index (κ3) is 6030. The summed E-state index contributed by atoms with van der Waals surface area (Å²) in [5, 5.41) is 86.0. The van der Waals surface area contributed by atoms with E-state index in [1.807, 2.05) is 0 Å². The van der Waals surface area contributed by atoms with Crippen molar-refractivity contribution >= 4 is 58.8 Å². The quantitative estimate of drug-likeness (QED) is 0.183. The Bertz CT molecular complexity index is 61.5. The minimum absolute atomic E-state index is 0. The van der Waals surface area contributed by atoms with Crippen molar-refractivity contribution in [2.45, 2.75) is 0 Å². The third-order valence-electron chi connectivity index (χ3n) is 0. The zero-order valence-corrected chi connectivity index (χ0v) is 10.7. The van der Waals surface area contributed by atoms with Crippen LogP contribution in [0.4, 0.5) is 0 Å². The predicted octanol–water partition coefficient (Wildman–Crippen LogP) is -8.59. The Morgan fingerprint density at radius 1 is 0.294 bits per heavy atom. The van der Waals surface area contributed by atoms with Crippen molar-refractivity contribution in [1.29, 1.82) is 0 Å². The average Bonchev–Trinajstić information content (AvgIpc) is 1.76. The van der Waals surface area contributed by atoms with Crippen LogP contribution in [0, 0.1) is 0 Å². The molecule has 12 nitrogen and oxygen atoms in total. The van der Waals surface area contributed by atoms with Gasteiger partial charge in [0.2, 0.25) is 0 Å². The average molecular weight is 270 g/mol. The first-order valence-corrected chi connectivity index (χ1v) is 3.10. The van der Waals surface area contributed by atoms with Crippen LogP contribution >= 0.6 is 0 Å². The molecule has 0 atom stereocenters. The van der Waals surface area contributed by atoms with E-state index in [9.17, 15) is 0 Å². The minimum atomic E-state index is -2.17. The second-order valence-electron chi connectivity index (χ2n) is 1.39. The van der Waals surface area contributed by atoms with E-state index in [1.165, 1.54) is 0 Å². The van der Waals surface area contributed by atoms with Crippen LogP contribution in [0.1, 0.15) is 0 Å². The largest absolute Gasteiger partial charge is 0.631 e. The van der Waals surface area contributed by atoms with Crippen molar-refractivity contribution in [3.63, 3.8) is 0 Å². The van der Waals surface area contributed by atoms with Gasteiger partial charge in [0.1, 0.15) is 0 Å². The van der Waals surface area contributed by atoms with Gasteiger partial charge < -0.3 is 60.3 Å². The van der Waals surface area contributed by atoms with Crippen LogP contribution in [0.5, 0.6) is 0 Å². The Morgan fingerprint density at radius 3 is 0.294 bits per heavy atom. The van der Waals surface area contributed by atoms with Crippen molar-refractivity contribution in [1.82, 2.24) is 0 Å². The zero-order valence-electron chi connectivity index (χ0n) is 8.68. The van der Waals surface area contributed by atoms with E-state index < -0.39 is 29.3 Å². The van der Waals surface area contributed by atoms with Gasteiger partial charge in [0.15, 0.2) is 0 Å². The van der Waals surface area contributed by atoms with Crippen molar-refractivity contribution in [3.8, 4) is 0 Å². The fourth-order valence-electron chi connectivity index (χ4n) is 0. The molecular weight excluding hydrogens is 258 g/mol. The summed E-state index contributed by atoms with van der Waals surface area (Å²) in [7, 11) is -8.67. The Hall–Kier alpha value is 0.780. The monoisotopic (exact) mass is 271 g/mol. The van der Waals surface area contributed by atoms with Gasteiger partial charge in [0.05, 0.1) is 0 Å². The molecule has 0 aromatic carbocycles. The van der Waals surface area contributed by atoms with Gasteiger partial charge in [0.25, 0.3) is 0 Å². The molecule has 0 saturated carbocycles. The summed E-state index contributed by atoms with van der Waals surface area (Å²) in [6, 6.07) is 0. The van der Waals surface area contributed by atoms with Crippen LogP contribution in [0.3, 0.4) is 0 Å². The molecule has 1 radical (unpaired) electrons. The maximum absolute atomic E-state index is 7.17. The van der Waals surface area contributed by atoms with Crippen LogP contribution < -0.4 is 0 Å². The molecule has 0 unspecified atom stereocenters. The van der Waals surface area contributed by atoms with Crippen molar-refractivity contribution < 1.29 is 60.3 Å². The first kappa shape index (κ1) is 30.7. The van der Waals surface area contributed by atoms with Crippen LogP contribution in [-0.4, -0.2) is 119 Å². The first-order chi connectivity index (χ1) is 6.93. The predicted molar refractivity (Wildman–Crippen MR) is 55.4 cm³/mol. The topological polar surface area (TPSA) is 243 Å². The summed E-state index contributed by atoms with van der Waals surface area (Å²) in [5.41, 5.74) is 0. The minimum Gasteiger partial charge on any atom is -0.402 e. The molecule has 0 heterocycles. The molecule has 97 valence electrons. The van der Waals surface area contributed by atoms with Crippen molar-refractivity contribution in [2.24, 2.45) is 0 Å². The molecule has 0 amide bonds. The molecule has 0 aromatic heterocycles. The summed E-state index contributed by atoms with van der Waals surface area (Å²) in [6.45, 7) is 0. The van der Waals surface area contributed by atoms with E-state index in [0.29, 0.717) is 0 Å². The van der Waals surface area contributed by atoms with Gasteiger partial charge in [-0.2, -0.15) is 0 Å². The van der Waals surface area contributed by atoms with Gasteiger partial charge in [-0.3, -0.25) is 0 Å². The molecular formula is H12B4NaO12. The fourth-order valence-corrected chi connectivity index (χ4v) is 0. The number of hydrogen-bond acceptors (Lipinski definition) is 12. The van der Waals surface area contributed by atoms with Crippen LogP contribution in [0.15, 0.2) is 0 Å². The molecule has 17 heteroatoms. The summed E-state index contributed by atoms with van der Waals surface area (Å²) >= 11 is 0. The standard InChI is InChI=1S/4BH3O3.Na/c4*2-1(3)4;/h4*2-4H;. The van der Waals surface area contributed by atoms with Crippen LogP contribution in [-0.2, 0) is 0 Å². The smallest absolute Gasteiger partial charge is 0.402 e. The molecule has 0 aliphatic heterocycles. The molecule has 12 N–H and O–H groups in total. The molecule has 0 saturated heterocycles. The van der Waals surface area contributed by atoms with E-state index in [0.717, 1.165) is 0 Å². The number of hydrogen-bond donors (Lipinski definition) is 12. The van der Waals surface area contributed by atoms with Gasteiger partial charge in [-0.1, -0.05) is 0 Å². The van der Waals surface area contributed by atoms with Crippen molar-refractivity contribution in [3.05, 3.63) is 0 Å². The van der Waals surface area contributed by atoms with E-state index in [2.05, 4.69) is 0 Å². The Labute approximate surface area is 119 Å². The molecule has 0 aromatic rings. The van der Waals surface area contributed by atoms with E-state index >= 15 is 0 Å². The molecule has 0 bridgehead atoms. The molecule has 0 aliphatic rings. The van der Waals surface area contributed by atoms with E-state index in [-0.39, 0.29) is 29.6 Å². The zero-order chi connectivity index (χ0) is 14.3. The second kappa shape index (κ2) is 25.6. The van der Waals surface area contributed by atoms with E-state index in [1.54, 1.807) is 0 Å². The molecule has 0 rings (SSSR count). The summed E-state index contributed by atoms with van der Waals surface area (Å²) in [5.74, 6) is 0. The third-order valence-corrected chi connectivity index (χ3v) is 0. The van der Waals surface area contributed by atoms with E-state index in [4.69, 9.17) is 60.3 Å². The Balaban J connectivity index is -0.0000000369. The van der Waals surface area contributed by atoms with Gasteiger partial charge in [-0.25, -0.2) is 0 Å². The van der Waals surface area contributed by atoms with Crippen molar-refractivity contribution in [2.75, 3.05) is 0 Å². The second-order valence-corrected chi connectivity index (χ2v) is 1.39. The summed E-state index contributed by atoms with van der Waals surface area (Å²) in [6.07, 6.45) is 0. The van der Waals surface area contributed by atoms with Gasteiger partial charge in [0, 0.05) is 29.6 Å². The first-order valence-electron chi connectivity index (χ1n) is 3.10. The van der Waals surface area contributed by atoms with Gasteiger partial charge in [-0.05, 0) is 0 Å². The van der Waals surface area contributed by atoms with Crippen LogP contribution in [0.2, 0.25) is 0 Å². The maximum atomic E-state index is 7.17. The van der Waals surface area contributed by atoms with Crippen LogP contribution in [0.25, 0.3) is 0 Å². The fraction of sp³-hybridized carbons (Fsp3) is 0. The SMILES string of the molecule is OB(O)O.OB(O)O.OB(O)O.OB(O)O.[Na]. The molecule has 0 spiro atoms. The normalized spacial score (nSPS) is 6.35. The Morgan fingerprint density at radius 2 is 0.294 bits per heavy atom. The molecule has 0 aliphatic carbocycles. The van der Waals surface area contributed by atoms with Gasteiger partial charge in [-0.15, -0.1) is 0 Å². The molecule has 17 heavy (non-hydrogen) atoms. The summed E-state index contributed by atoms with van der Waals surface area (Å²) in [4.78, 5) is 0. The summed E-state index contributed by atoms with van der Waals surface area (Å²) < 4.78 is 0. The number of rotatable bonds is 0. The Kier molecular flexibility index (Phi) is 46.1.